The van der Waals surface area contributed by atoms with E-state index in [1.54, 1.807) is 4.40 Å². The summed E-state index contributed by atoms with van der Waals surface area (Å²) in [6.45, 7) is -0.245. The number of hydrogen-bond donors (Lipinski definition) is 0. The molecule has 0 aliphatic heterocycles. The maximum atomic E-state index is 13.2. The van der Waals surface area contributed by atoms with Crippen LogP contribution in [0.25, 0.3) is 4.96 Å². The maximum absolute atomic E-state index is 13.2. The number of fused-ring (bicyclic) bond motifs is 3. The van der Waals surface area contributed by atoms with Gasteiger partial charge in [0.05, 0.1) is 11.3 Å². The predicted octanol–water partition coefficient (Wildman–Crippen LogP) is 3.27. The van der Waals surface area contributed by atoms with Crippen LogP contribution in [0.2, 0.25) is 0 Å². The molecule has 26 heavy (non-hydrogen) atoms. The highest BCUT2D eigenvalue weighted by molar-refractivity contribution is 7.17. The van der Waals surface area contributed by atoms with Crippen molar-refractivity contribution >= 4 is 22.3 Å². The van der Waals surface area contributed by atoms with E-state index in [1.165, 1.54) is 22.3 Å². The number of benzene rings is 1. The first-order valence-corrected chi connectivity index (χ1v) is 8.99. The molecule has 0 N–H and O–H groups in total. The molecule has 0 radical (unpaired) electrons. The summed E-state index contributed by atoms with van der Waals surface area (Å²) in [6, 6.07) is 3.79. The lowest BCUT2D eigenvalue weighted by molar-refractivity contribution is 0.0466. The molecule has 0 spiro atoms. The quantitative estimate of drug-likeness (QED) is 0.659. The van der Waals surface area contributed by atoms with Crippen LogP contribution in [-0.4, -0.2) is 15.4 Å². The average molecular weight is 376 g/mol. The van der Waals surface area contributed by atoms with Gasteiger partial charge >= 0.3 is 5.97 Å². The molecule has 0 amide bonds. The van der Waals surface area contributed by atoms with E-state index in [-0.39, 0.29) is 17.7 Å². The first-order valence-electron chi connectivity index (χ1n) is 8.18. The summed E-state index contributed by atoms with van der Waals surface area (Å²) in [5.74, 6) is -2.60. The number of hydrogen-bond acceptors (Lipinski definition) is 5. The van der Waals surface area contributed by atoms with Gasteiger partial charge in [0.25, 0.3) is 5.56 Å². The molecular weight excluding hydrogens is 362 g/mol. The minimum absolute atomic E-state index is 0.211. The Morgan fingerprint density at radius 3 is 2.65 bits per heavy atom. The fraction of sp³-hybridized carbons (Fsp3) is 0.278. The van der Waals surface area contributed by atoms with Gasteiger partial charge in [-0.25, -0.2) is 18.6 Å². The van der Waals surface area contributed by atoms with Crippen molar-refractivity contribution in [3.8, 4) is 0 Å². The molecule has 0 atom stereocenters. The molecule has 2 heterocycles. The lowest BCUT2D eigenvalue weighted by Crippen LogP contribution is -2.18. The zero-order chi connectivity index (χ0) is 18.3. The fourth-order valence-corrected chi connectivity index (χ4v) is 4.34. The standard InChI is InChI=1S/C18H14F2N2O3S/c19-11-5-10(6-12(20)7-11)17(24)25-9-13-8-16(23)22-14-3-1-2-4-15(14)26-18(22)21-13/h5-8H,1-4,9H2. The number of thiazole rings is 1. The number of aryl methyl sites for hydroxylation is 2. The van der Waals surface area contributed by atoms with E-state index in [4.69, 9.17) is 4.74 Å². The van der Waals surface area contributed by atoms with Crippen LogP contribution in [0.15, 0.2) is 29.1 Å². The van der Waals surface area contributed by atoms with E-state index in [0.717, 1.165) is 43.5 Å². The van der Waals surface area contributed by atoms with Crippen LogP contribution in [0.4, 0.5) is 8.78 Å². The second-order valence-corrected chi connectivity index (χ2v) is 7.18. The van der Waals surface area contributed by atoms with Crippen LogP contribution in [0.1, 0.15) is 39.5 Å². The van der Waals surface area contributed by atoms with Gasteiger partial charge in [0.1, 0.15) is 18.2 Å². The van der Waals surface area contributed by atoms with Gasteiger partial charge in [0, 0.05) is 22.7 Å². The first kappa shape index (κ1) is 16.8. The minimum Gasteiger partial charge on any atom is -0.456 e. The predicted molar refractivity (Wildman–Crippen MR) is 91.5 cm³/mol. The number of rotatable bonds is 3. The number of nitrogens with zero attached hydrogens (tertiary/aromatic N) is 2. The number of halogens is 2. The normalized spacial score (nSPS) is 13.6. The maximum Gasteiger partial charge on any atom is 0.338 e. The molecule has 5 nitrogen and oxygen atoms in total. The highest BCUT2D eigenvalue weighted by atomic mass is 32.1. The fourth-order valence-electron chi connectivity index (χ4n) is 3.11. The lowest BCUT2D eigenvalue weighted by atomic mass is 10.0. The van der Waals surface area contributed by atoms with Crippen molar-refractivity contribution in [2.75, 3.05) is 0 Å². The highest BCUT2D eigenvalue weighted by Gasteiger charge is 2.19. The Balaban J connectivity index is 1.58. The van der Waals surface area contributed by atoms with Crippen LogP contribution in [0.5, 0.6) is 0 Å². The molecule has 2 aromatic heterocycles. The Labute approximate surface area is 150 Å². The van der Waals surface area contributed by atoms with Crippen molar-refractivity contribution in [3.63, 3.8) is 0 Å². The van der Waals surface area contributed by atoms with Gasteiger partial charge in [0.2, 0.25) is 0 Å². The van der Waals surface area contributed by atoms with E-state index in [9.17, 15) is 18.4 Å². The zero-order valence-corrected chi connectivity index (χ0v) is 14.4. The molecule has 0 bridgehead atoms. The molecule has 1 aliphatic rings. The lowest BCUT2D eigenvalue weighted by Gasteiger charge is -2.10. The van der Waals surface area contributed by atoms with Crippen molar-refractivity contribution in [2.45, 2.75) is 32.3 Å². The third-order valence-electron chi connectivity index (χ3n) is 4.26. The van der Waals surface area contributed by atoms with E-state index < -0.39 is 17.6 Å². The smallest absolute Gasteiger partial charge is 0.338 e. The van der Waals surface area contributed by atoms with Gasteiger partial charge in [-0.05, 0) is 37.8 Å². The monoisotopic (exact) mass is 376 g/mol. The number of esters is 1. The number of carbonyl (C=O) groups excluding carboxylic acids is 1. The summed E-state index contributed by atoms with van der Waals surface area (Å²) in [5.41, 5.74) is 0.885. The summed E-state index contributed by atoms with van der Waals surface area (Å²) in [5, 5.41) is 0. The van der Waals surface area contributed by atoms with Crippen LogP contribution in [0, 0.1) is 11.6 Å². The van der Waals surface area contributed by atoms with Gasteiger partial charge in [-0.3, -0.25) is 9.20 Å². The average Bonchev–Trinajstić information content (AvgIpc) is 2.97. The molecule has 1 aliphatic carbocycles. The molecule has 0 saturated carbocycles. The van der Waals surface area contributed by atoms with Crippen molar-refractivity contribution < 1.29 is 18.3 Å². The van der Waals surface area contributed by atoms with Crippen molar-refractivity contribution in [1.29, 1.82) is 0 Å². The highest BCUT2D eigenvalue weighted by Crippen LogP contribution is 2.28. The van der Waals surface area contributed by atoms with Gasteiger partial charge in [-0.15, -0.1) is 11.3 Å². The van der Waals surface area contributed by atoms with Crippen molar-refractivity contribution in [2.24, 2.45) is 0 Å². The SMILES string of the molecule is O=C(OCc1cc(=O)n2c3c(sc2n1)CCCC3)c1cc(F)cc(F)c1. The van der Waals surface area contributed by atoms with Crippen LogP contribution in [-0.2, 0) is 24.2 Å². The zero-order valence-electron chi connectivity index (χ0n) is 13.6. The largest absolute Gasteiger partial charge is 0.456 e. The molecule has 0 unspecified atom stereocenters. The van der Waals surface area contributed by atoms with E-state index in [1.807, 2.05) is 0 Å². The second kappa shape index (κ2) is 6.60. The van der Waals surface area contributed by atoms with Crippen LogP contribution >= 0.6 is 11.3 Å². The third kappa shape index (κ3) is 3.12. The first-order chi connectivity index (χ1) is 12.5. The van der Waals surface area contributed by atoms with Gasteiger partial charge in [-0.2, -0.15) is 0 Å². The Kier molecular flexibility index (Phi) is 4.28. The molecule has 0 fully saturated rings. The van der Waals surface area contributed by atoms with Crippen LogP contribution in [0.3, 0.4) is 0 Å². The summed E-state index contributed by atoms with van der Waals surface area (Å²) in [6.07, 6.45) is 3.95. The van der Waals surface area contributed by atoms with Crippen LogP contribution < -0.4 is 5.56 Å². The summed E-state index contributed by atoms with van der Waals surface area (Å²) in [4.78, 5) is 30.5. The third-order valence-corrected chi connectivity index (χ3v) is 5.41. The van der Waals surface area contributed by atoms with E-state index in [0.29, 0.717) is 16.7 Å². The van der Waals surface area contributed by atoms with Gasteiger partial charge < -0.3 is 4.74 Å². The molecule has 0 saturated heterocycles. The van der Waals surface area contributed by atoms with E-state index >= 15 is 0 Å². The summed E-state index contributed by atoms with van der Waals surface area (Å²) in [7, 11) is 0. The Morgan fingerprint density at radius 1 is 1.15 bits per heavy atom. The molecule has 4 rings (SSSR count). The molecule has 134 valence electrons. The topological polar surface area (TPSA) is 60.7 Å². The van der Waals surface area contributed by atoms with Crippen molar-refractivity contribution in [3.05, 3.63) is 68.1 Å². The number of ether oxygens (including phenoxy) is 1. The second-order valence-electron chi connectivity index (χ2n) is 6.12. The Bertz CT molecular complexity index is 1050. The summed E-state index contributed by atoms with van der Waals surface area (Å²) < 4.78 is 33.0. The molecular formula is C18H14F2N2O3S. The molecule has 1 aromatic carbocycles. The molecule has 3 aromatic rings. The molecule has 8 heteroatoms. The summed E-state index contributed by atoms with van der Waals surface area (Å²) >= 11 is 1.47. The minimum atomic E-state index is -0.879. The van der Waals surface area contributed by atoms with Gasteiger partial charge in [-0.1, -0.05) is 0 Å². The van der Waals surface area contributed by atoms with Crippen molar-refractivity contribution in [1.82, 2.24) is 9.38 Å². The number of aromatic nitrogens is 2. The Hall–Kier alpha value is -2.61. The van der Waals surface area contributed by atoms with E-state index in [2.05, 4.69) is 4.98 Å². The van der Waals surface area contributed by atoms with Gasteiger partial charge in [0.15, 0.2) is 4.96 Å². The number of carbonyl (C=O) groups is 1. The Morgan fingerprint density at radius 2 is 1.88 bits per heavy atom.